The first-order valence-corrected chi connectivity index (χ1v) is 10.2. The number of urea groups is 1. The van der Waals surface area contributed by atoms with Crippen molar-refractivity contribution in [1.29, 1.82) is 0 Å². The van der Waals surface area contributed by atoms with Crippen LogP contribution in [0.3, 0.4) is 0 Å². The van der Waals surface area contributed by atoms with Crippen molar-refractivity contribution in [2.45, 2.75) is 13.0 Å². The molecule has 0 radical (unpaired) electrons. The normalized spacial score (nSPS) is 12.4. The van der Waals surface area contributed by atoms with E-state index < -0.39 is 0 Å². The lowest BCUT2D eigenvalue weighted by Crippen LogP contribution is -2.29. The highest BCUT2D eigenvalue weighted by molar-refractivity contribution is 9.10. The van der Waals surface area contributed by atoms with Crippen LogP contribution in [0.15, 0.2) is 77.3 Å². The van der Waals surface area contributed by atoms with Gasteiger partial charge < -0.3 is 15.5 Å². The van der Waals surface area contributed by atoms with Gasteiger partial charge in [-0.05, 0) is 60.0 Å². The van der Waals surface area contributed by atoms with Gasteiger partial charge in [0.15, 0.2) is 0 Å². The average Bonchev–Trinajstić information content (AvgIpc) is 3.17. The van der Waals surface area contributed by atoms with Crippen LogP contribution in [-0.2, 0) is 13.0 Å². The Bertz CT molecular complexity index is 1040. The molecule has 6 heteroatoms. The van der Waals surface area contributed by atoms with Crippen molar-refractivity contribution in [2.24, 2.45) is 0 Å². The quantitative estimate of drug-likeness (QED) is 0.590. The Morgan fingerprint density at radius 1 is 0.966 bits per heavy atom. The van der Waals surface area contributed by atoms with Crippen molar-refractivity contribution in [2.75, 3.05) is 16.8 Å². The topological polar surface area (TPSA) is 61.4 Å². The van der Waals surface area contributed by atoms with Gasteiger partial charge in [0.2, 0.25) is 0 Å². The van der Waals surface area contributed by atoms with Crippen LogP contribution >= 0.6 is 15.9 Å². The molecule has 146 valence electrons. The molecule has 3 amide bonds. The number of hydrogen-bond donors (Lipinski definition) is 2. The van der Waals surface area contributed by atoms with E-state index in [1.54, 1.807) is 0 Å². The highest BCUT2D eigenvalue weighted by Crippen LogP contribution is 2.30. The fourth-order valence-electron chi connectivity index (χ4n) is 3.40. The van der Waals surface area contributed by atoms with Crippen LogP contribution in [0, 0.1) is 0 Å². The van der Waals surface area contributed by atoms with E-state index in [9.17, 15) is 9.59 Å². The molecular weight excluding hydrogens is 430 g/mol. The Morgan fingerprint density at radius 3 is 2.48 bits per heavy atom. The zero-order chi connectivity index (χ0) is 20.2. The number of anilines is 2. The van der Waals surface area contributed by atoms with Gasteiger partial charge in [-0.1, -0.05) is 46.3 Å². The fraction of sp³-hybridized carbons (Fsp3) is 0.130. The standard InChI is InChI=1S/C23H20BrN3O2/c24-19-7-9-20(10-8-19)26-23(29)25-15-16-6-11-21-18(14-16)12-13-27(21)22(28)17-4-2-1-3-5-17/h1-11,14H,12-13,15H2,(H2,25,26,29). The molecule has 1 aliphatic heterocycles. The van der Waals surface area contributed by atoms with Crippen LogP contribution in [0.5, 0.6) is 0 Å². The Balaban J connectivity index is 1.38. The Hall–Kier alpha value is -3.12. The number of halogens is 1. The van der Waals surface area contributed by atoms with Gasteiger partial charge in [0, 0.05) is 34.5 Å². The van der Waals surface area contributed by atoms with Crippen molar-refractivity contribution in [3.8, 4) is 0 Å². The largest absolute Gasteiger partial charge is 0.334 e. The third-order valence-electron chi connectivity index (χ3n) is 4.86. The lowest BCUT2D eigenvalue weighted by atomic mass is 10.1. The number of rotatable bonds is 4. The smallest absolute Gasteiger partial charge is 0.319 e. The van der Waals surface area contributed by atoms with Gasteiger partial charge in [-0.2, -0.15) is 0 Å². The molecule has 1 aliphatic rings. The predicted octanol–water partition coefficient (Wildman–Crippen LogP) is 4.97. The second kappa shape index (κ2) is 8.49. The van der Waals surface area contributed by atoms with Gasteiger partial charge in [0.25, 0.3) is 5.91 Å². The maximum Gasteiger partial charge on any atom is 0.319 e. The lowest BCUT2D eigenvalue weighted by Gasteiger charge is -2.17. The summed E-state index contributed by atoms with van der Waals surface area (Å²) in [4.78, 5) is 26.7. The highest BCUT2D eigenvalue weighted by Gasteiger charge is 2.25. The van der Waals surface area contributed by atoms with Crippen LogP contribution in [0.25, 0.3) is 0 Å². The van der Waals surface area contributed by atoms with Crippen LogP contribution < -0.4 is 15.5 Å². The summed E-state index contributed by atoms with van der Waals surface area (Å²) in [5.74, 6) is 0.0177. The van der Waals surface area contributed by atoms with Gasteiger partial charge in [-0.15, -0.1) is 0 Å². The minimum absolute atomic E-state index is 0.0177. The second-order valence-electron chi connectivity index (χ2n) is 6.85. The molecule has 4 rings (SSSR count). The maximum absolute atomic E-state index is 12.8. The van der Waals surface area contributed by atoms with Crippen LogP contribution in [0.1, 0.15) is 21.5 Å². The molecule has 3 aromatic rings. The molecule has 1 heterocycles. The van der Waals surface area contributed by atoms with E-state index in [2.05, 4.69) is 32.6 Å². The molecule has 2 N–H and O–H groups in total. The molecule has 5 nitrogen and oxygen atoms in total. The first-order chi connectivity index (χ1) is 14.1. The van der Waals surface area contributed by atoms with Gasteiger partial charge in [0.05, 0.1) is 0 Å². The summed E-state index contributed by atoms with van der Waals surface area (Å²) in [5.41, 5.74) is 4.50. The SMILES string of the molecule is O=C(NCc1ccc2c(c1)CCN2C(=O)c1ccccc1)Nc1ccc(Br)cc1. The number of nitrogens with one attached hydrogen (secondary N) is 2. The first kappa shape index (κ1) is 19.2. The molecule has 0 saturated heterocycles. The van der Waals surface area contributed by atoms with Crippen molar-refractivity contribution >= 4 is 39.2 Å². The number of benzene rings is 3. The molecular formula is C23H20BrN3O2. The van der Waals surface area contributed by atoms with E-state index in [1.165, 1.54) is 0 Å². The number of carbonyl (C=O) groups excluding carboxylic acids is 2. The summed E-state index contributed by atoms with van der Waals surface area (Å²) in [7, 11) is 0. The first-order valence-electron chi connectivity index (χ1n) is 9.39. The minimum atomic E-state index is -0.256. The Labute approximate surface area is 177 Å². The van der Waals surface area contributed by atoms with E-state index in [0.29, 0.717) is 18.7 Å². The van der Waals surface area contributed by atoms with Crippen molar-refractivity contribution in [3.05, 3.63) is 94.0 Å². The molecule has 0 saturated carbocycles. The van der Waals surface area contributed by atoms with Gasteiger partial charge in [-0.25, -0.2) is 4.79 Å². The summed E-state index contributed by atoms with van der Waals surface area (Å²) >= 11 is 3.37. The van der Waals surface area contributed by atoms with E-state index >= 15 is 0 Å². The zero-order valence-electron chi connectivity index (χ0n) is 15.7. The highest BCUT2D eigenvalue weighted by atomic mass is 79.9. The molecule has 0 bridgehead atoms. The molecule has 0 unspecified atom stereocenters. The molecule has 3 aromatic carbocycles. The third kappa shape index (κ3) is 4.49. The predicted molar refractivity (Wildman–Crippen MR) is 118 cm³/mol. The number of carbonyl (C=O) groups is 2. The third-order valence-corrected chi connectivity index (χ3v) is 5.39. The van der Waals surface area contributed by atoms with Crippen molar-refractivity contribution in [1.82, 2.24) is 5.32 Å². The Morgan fingerprint density at radius 2 is 1.72 bits per heavy atom. The second-order valence-corrected chi connectivity index (χ2v) is 7.77. The number of fused-ring (bicyclic) bond motifs is 1. The van der Waals surface area contributed by atoms with Crippen LogP contribution in [0.2, 0.25) is 0 Å². The lowest BCUT2D eigenvalue weighted by molar-refractivity contribution is 0.0989. The number of nitrogens with zero attached hydrogens (tertiary/aromatic N) is 1. The van der Waals surface area contributed by atoms with E-state index in [1.807, 2.05) is 71.6 Å². The zero-order valence-corrected chi connectivity index (χ0v) is 17.3. The van der Waals surface area contributed by atoms with Crippen LogP contribution in [-0.4, -0.2) is 18.5 Å². The minimum Gasteiger partial charge on any atom is -0.334 e. The van der Waals surface area contributed by atoms with Crippen LogP contribution in [0.4, 0.5) is 16.2 Å². The maximum atomic E-state index is 12.8. The summed E-state index contributed by atoms with van der Waals surface area (Å²) in [6.07, 6.45) is 0.812. The molecule has 0 spiro atoms. The molecule has 29 heavy (non-hydrogen) atoms. The monoisotopic (exact) mass is 449 g/mol. The molecule has 0 fully saturated rings. The summed E-state index contributed by atoms with van der Waals surface area (Å²) < 4.78 is 0.960. The summed E-state index contributed by atoms with van der Waals surface area (Å²) in [6, 6.07) is 22.5. The number of hydrogen-bond acceptors (Lipinski definition) is 2. The van der Waals surface area contributed by atoms with Crippen molar-refractivity contribution in [3.63, 3.8) is 0 Å². The molecule has 0 aliphatic carbocycles. The van der Waals surface area contributed by atoms with E-state index in [-0.39, 0.29) is 11.9 Å². The van der Waals surface area contributed by atoms with Crippen molar-refractivity contribution < 1.29 is 9.59 Å². The van der Waals surface area contributed by atoms with Gasteiger partial charge in [0.1, 0.15) is 0 Å². The van der Waals surface area contributed by atoms with Gasteiger partial charge in [-0.3, -0.25) is 4.79 Å². The molecule has 0 aromatic heterocycles. The van der Waals surface area contributed by atoms with E-state index in [4.69, 9.17) is 0 Å². The molecule has 0 atom stereocenters. The number of amides is 3. The summed E-state index contributed by atoms with van der Waals surface area (Å²) in [6.45, 7) is 1.09. The fourth-order valence-corrected chi connectivity index (χ4v) is 3.67. The van der Waals surface area contributed by atoms with Gasteiger partial charge >= 0.3 is 6.03 Å². The summed E-state index contributed by atoms with van der Waals surface area (Å²) in [5, 5.41) is 5.68. The van der Waals surface area contributed by atoms with E-state index in [0.717, 1.165) is 33.4 Å². The average molecular weight is 450 g/mol. The Kier molecular flexibility index (Phi) is 5.62.